The minimum absolute atomic E-state index is 0.0729. The predicted molar refractivity (Wildman–Crippen MR) is 101 cm³/mol. The summed E-state index contributed by atoms with van der Waals surface area (Å²) in [5, 5.41) is 0. The monoisotopic (exact) mass is 354 g/mol. The number of amides is 1. The fourth-order valence-electron chi connectivity index (χ4n) is 4.43. The lowest BCUT2D eigenvalue weighted by molar-refractivity contribution is -0.132. The van der Waals surface area contributed by atoms with E-state index < -0.39 is 0 Å². The molecule has 2 fully saturated rings. The molecule has 138 valence electrons. The molecule has 1 aromatic carbocycles. The normalized spacial score (nSPS) is 31.3. The average molecular weight is 354 g/mol. The summed E-state index contributed by atoms with van der Waals surface area (Å²) < 4.78 is 13.7. The smallest absolute Gasteiger partial charge is 0.226 e. The minimum atomic E-state index is -0.166. The topological polar surface area (TPSA) is 46.3 Å². The second-order valence-electron chi connectivity index (χ2n) is 7.89. The zero-order chi connectivity index (χ0) is 18.1. The van der Waals surface area contributed by atoms with Crippen molar-refractivity contribution >= 4 is 5.91 Å². The summed E-state index contributed by atoms with van der Waals surface area (Å²) in [6.45, 7) is 1.62. The van der Waals surface area contributed by atoms with Crippen molar-refractivity contribution < 1.29 is 9.18 Å². The average Bonchev–Trinajstić information content (AvgIpc) is 3.46. The number of carbonyl (C=O) groups is 1. The number of hydrogen-bond acceptors (Lipinski definition) is 2. The molecule has 2 aliphatic carbocycles. The van der Waals surface area contributed by atoms with Crippen LogP contribution >= 0.6 is 0 Å². The first-order valence-electron chi connectivity index (χ1n) is 9.80. The van der Waals surface area contributed by atoms with Gasteiger partial charge in [-0.1, -0.05) is 30.3 Å². The molecule has 26 heavy (non-hydrogen) atoms. The van der Waals surface area contributed by atoms with Crippen LogP contribution < -0.4 is 5.73 Å². The molecule has 4 heteroatoms. The van der Waals surface area contributed by atoms with Crippen LogP contribution in [0, 0.1) is 5.92 Å². The standard InChI is InChI=1S/C22H27FN2O/c23-16-6-3-5-15(13-16)18-8-1-2-9-19(18)20-14-21(20)22(26)25-11-4-7-17(24)10-12-25/h1-3,6,8-9,13,15,17,20-21H,4-5,7,10-12,14,24H2. The molecule has 3 aliphatic rings. The molecule has 4 unspecified atom stereocenters. The van der Waals surface area contributed by atoms with Crippen molar-refractivity contribution in [1.29, 1.82) is 0 Å². The van der Waals surface area contributed by atoms with Gasteiger partial charge in [-0.2, -0.15) is 0 Å². The van der Waals surface area contributed by atoms with Crippen LogP contribution in [-0.4, -0.2) is 29.9 Å². The molecule has 1 aliphatic heterocycles. The number of benzene rings is 1. The summed E-state index contributed by atoms with van der Waals surface area (Å²) in [7, 11) is 0. The van der Waals surface area contributed by atoms with Gasteiger partial charge in [0.25, 0.3) is 0 Å². The van der Waals surface area contributed by atoms with Crippen LogP contribution in [0.5, 0.6) is 0 Å². The molecule has 0 radical (unpaired) electrons. The Morgan fingerprint density at radius 2 is 1.96 bits per heavy atom. The molecular formula is C22H27FN2O. The molecule has 4 atom stereocenters. The van der Waals surface area contributed by atoms with Crippen LogP contribution in [0.15, 0.2) is 48.3 Å². The molecule has 1 saturated heterocycles. The van der Waals surface area contributed by atoms with Gasteiger partial charge in [-0.25, -0.2) is 4.39 Å². The van der Waals surface area contributed by atoms with Gasteiger partial charge in [0.2, 0.25) is 5.91 Å². The van der Waals surface area contributed by atoms with Crippen molar-refractivity contribution in [1.82, 2.24) is 4.90 Å². The highest BCUT2D eigenvalue weighted by Crippen LogP contribution is 2.51. The molecule has 4 rings (SSSR count). The number of rotatable bonds is 3. The highest BCUT2D eigenvalue weighted by atomic mass is 19.1. The van der Waals surface area contributed by atoms with Crippen molar-refractivity contribution in [2.75, 3.05) is 13.1 Å². The Balaban J connectivity index is 1.48. The summed E-state index contributed by atoms with van der Waals surface area (Å²) in [6, 6.07) is 8.48. The number of carbonyl (C=O) groups excluding carboxylic acids is 1. The van der Waals surface area contributed by atoms with Gasteiger partial charge in [-0.05, 0) is 61.3 Å². The van der Waals surface area contributed by atoms with Gasteiger partial charge in [0.15, 0.2) is 0 Å². The predicted octanol–water partition coefficient (Wildman–Crippen LogP) is 4.03. The molecule has 1 aromatic rings. The van der Waals surface area contributed by atoms with E-state index in [2.05, 4.69) is 12.1 Å². The van der Waals surface area contributed by atoms with Crippen molar-refractivity contribution in [2.45, 2.75) is 50.0 Å². The maximum Gasteiger partial charge on any atom is 0.226 e. The molecule has 0 bridgehead atoms. The van der Waals surface area contributed by atoms with Crippen LogP contribution in [0.3, 0.4) is 0 Å². The van der Waals surface area contributed by atoms with Gasteiger partial charge in [0.05, 0.1) is 0 Å². The van der Waals surface area contributed by atoms with E-state index in [1.165, 1.54) is 17.2 Å². The SMILES string of the molecule is NC1CCCN(C(=O)C2CC2c2ccccc2C2C=C(F)C=CC2)CC1. The van der Waals surface area contributed by atoms with E-state index in [1.54, 1.807) is 6.08 Å². The summed E-state index contributed by atoms with van der Waals surface area (Å²) in [5.74, 6) is 0.546. The van der Waals surface area contributed by atoms with Crippen molar-refractivity contribution in [3.05, 3.63) is 59.4 Å². The number of allylic oxidation sites excluding steroid dienone is 4. The fraction of sp³-hybridized carbons (Fsp3) is 0.500. The third-order valence-electron chi connectivity index (χ3n) is 6.01. The summed E-state index contributed by atoms with van der Waals surface area (Å²) in [5.41, 5.74) is 8.44. The van der Waals surface area contributed by atoms with E-state index in [-0.39, 0.29) is 35.5 Å². The first kappa shape index (κ1) is 17.5. The van der Waals surface area contributed by atoms with Gasteiger partial charge in [-0.15, -0.1) is 0 Å². The molecule has 1 heterocycles. The fourth-order valence-corrected chi connectivity index (χ4v) is 4.43. The molecule has 2 N–H and O–H groups in total. The Bertz CT molecular complexity index is 741. The minimum Gasteiger partial charge on any atom is -0.342 e. The lowest BCUT2D eigenvalue weighted by Crippen LogP contribution is -2.34. The maximum absolute atomic E-state index is 13.7. The molecular weight excluding hydrogens is 327 g/mol. The van der Waals surface area contributed by atoms with Crippen molar-refractivity contribution in [3.63, 3.8) is 0 Å². The van der Waals surface area contributed by atoms with Crippen LogP contribution in [0.4, 0.5) is 4.39 Å². The number of nitrogens with two attached hydrogens (primary N) is 1. The Labute approximate surface area is 154 Å². The van der Waals surface area contributed by atoms with Gasteiger partial charge in [0.1, 0.15) is 5.83 Å². The van der Waals surface area contributed by atoms with E-state index in [0.717, 1.165) is 45.2 Å². The first-order chi connectivity index (χ1) is 12.6. The van der Waals surface area contributed by atoms with Crippen molar-refractivity contribution in [3.8, 4) is 0 Å². The van der Waals surface area contributed by atoms with Gasteiger partial charge >= 0.3 is 0 Å². The van der Waals surface area contributed by atoms with Crippen LogP contribution in [-0.2, 0) is 4.79 Å². The summed E-state index contributed by atoms with van der Waals surface area (Å²) in [6.07, 6.45) is 9.77. The lowest BCUT2D eigenvalue weighted by Gasteiger charge is -2.21. The van der Waals surface area contributed by atoms with E-state index >= 15 is 0 Å². The Kier molecular flexibility index (Phi) is 4.94. The highest BCUT2D eigenvalue weighted by Gasteiger charge is 2.46. The lowest BCUT2D eigenvalue weighted by atomic mass is 9.87. The number of halogens is 1. The van der Waals surface area contributed by atoms with Gasteiger partial charge < -0.3 is 10.6 Å². The van der Waals surface area contributed by atoms with E-state index in [0.29, 0.717) is 0 Å². The molecule has 1 amide bonds. The Morgan fingerprint density at radius 3 is 2.77 bits per heavy atom. The van der Waals surface area contributed by atoms with Crippen LogP contribution in [0.1, 0.15) is 55.1 Å². The van der Waals surface area contributed by atoms with E-state index in [4.69, 9.17) is 5.73 Å². The van der Waals surface area contributed by atoms with Crippen LogP contribution in [0.25, 0.3) is 0 Å². The third-order valence-corrected chi connectivity index (χ3v) is 6.01. The van der Waals surface area contributed by atoms with E-state index in [9.17, 15) is 9.18 Å². The molecule has 3 nitrogen and oxygen atoms in total. The maximum atomic E-state index is 13.7. The summed E-state index contributed by atoms with van der Waals surface area (Å²) >= 11 is 0. The third kappa shape index (κ3) is 3.61. The second kappa shape index (κ2) is 7.36. The second-order valence-corrected chi connectivity index (χ2v) is 7.89. The Morgan fingerprint density at radius 1 is 1.15 bits per heavy atom. The number of nitrogens with zero attached hydrogens (tertiary/aromatic N) is 1. The van der Waals surface area contributed by atoms with Gasteiger partial charge in [0, 0.05) is 31.0 Å². The number of likely N-dealkylation sites (tertiary alicyclic amines) is 1. The zero-order valence-corrected chi connectivity index (χ0v) is 15.1. The molecule has 1 saturated carbocycles. The van der Waals surface area contributed by atoms with Gasteiger partial charge in [-0.3, -0.25) is 4.79 Å². The number of hydrogen-bond donors (Lipinski definition) is 1. The van der Waals surface area contributed by atoms with Crippen LogP contribution in [0.2, 0.25) is 0 Å². The van der Waals surface area contributed by atoms with Crippen molar-refractivity contribution in [2.24, 2.45) is 11.7 Å². The zero-order valence-electron chi connectivity index (χ0n) is 15.1. The summed E-state index contributed by atoms with van der Waals surface area (Å²) in [4.78, 5) is 15.0. The largest absolute Gasteiger partial charge is 0.342 e. The van der Waals surface area contributed by atoms with E-state index in [1.807, 2.05) is 23.1 Å². The Hall–Kier alpha value is -1.94. The molecule has 0 spiro atoms. The quantitative estimate of drug-likeness (QED) is 0.891. The first-order valence-corrected chi connectivity index (χ1v) is 9.80. The molecule has 0 aromatic heterocycles. The highest BCUT2D eigenvalue weighted by molar-refractivity contribution is 5.83.